The average molecular weight is 263 g/mol. The number of nitrogens with one attached hydrogen (secondary N) is 3. The first-order chi connectivity index (χ1) is 9.06. The van der Waals surface area contributed by atoms with Crippen LogP contribution in [0, 0.1) is 6.92 Å². The molecular formula is C11H13N5O3. The van der Waals surface area contributed by atoms with Crippen LogP contribution in [0.5, 0.6) is 0 Å². The summed E-state index contributed by atoms with van der Waals surface area (Å²) in [4.78, 5) is 29.5. The number of H-pyrrole nitrogens is 2. The SMILES string of the molecule is Cc1cc(C(=O)NC(Cc2cnc[nH]2)C(=O)O)n[nH]1. The third-order valence-corrected chi connectivity index (χ3v) is 2.52. The van der Waals surface area contributed by atoms with Gasteiger partial charge in [0.15, 0.2) is 0 Å². The summed E-state index contributed by atoms with van der Waals surface area (Å²) in [6, 6.07) is 0.509. The second kappa shape index (κ2) is 5.34. The number of rotatable bonds is 5. The molecule has 2 rings (SSSR count). The Morgan fingerprint density at radius 1 is 1.53 bits per heavy atom. The van der Waals surface area contributed by atoms with Crippen molar-refractivity contribution in [2.75, 3.05) is 0 Å². The summed E-state index contributed by atoms with van der Waals surface area (Å²) in [5.74, 6) is -1.65. The molecule has 0 aromatic carbocycles. The van der Waals surface area contributed by atoms with E-state index in [1.165, 1.54) is 12.5 Å². The van der Waals surface area contributed by atoms with Crippen LogP contribution in [0.15, 0.2) is 18.6 Å². The molecule has 2 aromatic heterocycles. The minimum absolute atomic E-state index is 0.129. The second-order valence-electron chi connectivity index (χ2n) is 4.08. The molecule has 0 spiro atoms. The summed E-state index contributed by atoms with van der Waals surface area (Å²) >= 11 is 0. The number of aliphatic carboxylic acids is 1. The van der Waals surface area contributed by atoms with Crippen molar-refractivity contribution in [3.05, 3.63) is 35.7 Å². The van der Waals surface area contributed by atoms with E-state index < -0.39 is 17.9 Å². The third kappa shape index (κ3) is 3.18. The maximum atomic E-state index is 11.8. The molecule has 1 unspecified atom stereocenters. The van der Waals surface area contributed by atoms with Gasteiger partial charge in [-0.3, -0.25) is 9.89 Å². The predicted molar refractivity (Wildman–Crippen MR) is 64.5 cm³/mol. The van der Waals surface area contributed by atoms with Crippen molar-refractivity contribution in [1.82, 2.24) is 25.5 Å². The van der Waals surface area contributed by atoms with E-state index in [2.05, 4.69) is 25.5 Å². The summed E-state index contributed by atoms with van der Waals surface area (Å²) in [7, 11) is 0. The number of carboxylic acid groups (broad SMARTS) is 1. The fourth-order valence-electron chi connectivity index (χ4n) is 1.58. The maximum absolute atomic E-state index is 11.8. The van der Waals surface area contributed by atoms with Gasteiger partial charge in [-0.05, 0) is 13.0 Å². The fraction of sp³-hybridized carbons (Fsp3) is 0.273. The molecule has 1 atom stereocenters. The third-order valence-electron chi connectivity index (χ3n) is 2.52. The van der Waals surface area contributed by atoms with Gasteiger partial charge >= 0.3 is 5.97 Å². The summed E-state index contributed by atoms with van der Waals surface area (Å²) in [5.41, 5.74) is 1.52. The van der Waals surface area contributed by atoms with Crippen LogP contribution in [0.1, 0.15) is 21.9 Å². The smallest absolute Gasteiger partial charge is 0.326 e. The summed E-state index contributed by atoms with van der Waals surface area (Å²) in [5, 5.41) is 17.9. The minimum atomic E-state index is -1.12. The molecule has 2 heterocycles. The monoisotopic (exact) mass is 263 g/mol. The lowest BCUT2D eigenvalue weighted by Gasteiger charge is -2.12. The molecule has 0 fully saturated rings. The van der Waals surface area contributed by atoms with Gasteiger partial charge in [0.1, 0.15) is 11.7 Å². The van der Waals surface area contributed by atoms with Crippen molar-refractivity contribution in [2.24, 2.45) is 0 Å². The Kier molecular flexibility index (Phi) is 3.60. The molecule has 2 aromatic rings. The highest BCUT2D eigenvalue weighted by atomic mass is 16.4. The number of hydrogen-bond donors (Lipinski definition) is 4. The highest BCUT2D eigenvalue weighted by Gasteiger charge is 2.22. The number of aryl methyl sites for hydroxylation is 1. The van der Waals surface area contributed by atoms with E-state index in [1.807, 2.05) is 0 Å². The van der Waals surface area contributed by atoms with Crippen LogP contribution in [0.4, 0.5) is 0 Å². The predicted octanol–water partition coefficient (Wildman–Crippen LogP) is -0.133. The first kappa shape index (κ1) is 12.8. The van der Waals surface area contributed by atoms with E-state index in [-0.39, 0.29) is 12.1 Å². The quantitative estimate of drug-likeness (QED) is 0.598. The molecule has 0 aliphatic carbocycles. The topological polar surface area (TPSA) is 124 Å². The van der Waals surface area contributed by atoms with Gasteiger partial charge in [0.05, 0.1) is 6.33 Å². The van der Waals surface area contributed by atoms with E-state index in [4.69, 9.17) is 5.11 Å². The van der Waals surface area contributed by atoms with Crippen LogP contribution >= 0.6 is 0 Å². The van der Waals surface area contributed by atoms with Crippen LogP contribution < -0.4 is 5.32 Å². The Balaban J connectivity index is 2.04. The summed E-state index contributed by atoms with van der Waals surface area (Å²) < 4.78 is 0. The van der Waals surface area contributed by atoms with Gasteiger partial charge in [0.2, 0.25) is 0 Å². The van der Waals surface area contributed by atoms with Gasteiger partial charge in [0.25, 0.3) is 5.91 Å². The standard InChI is InChI=1S/C11H13N5O3/c1-6-2-8(16-15-6)10(17)14-9(11(18)19)3-7-4-12-5-13-7/h2,4-5,9H,3H2,1H3,(H,12,13)(H,14,17)(H,15,16)(H,18,19). The molecule has 0 radical (unpaired) electrons. The first-order valence-corrected chi connectivity index (χ1v) is 5.59. The number of hydrogen-bond acceptors (Lipinski definition) is 4. The van der Waals surface area contributed by atoms with E-state index in [0.29, 0.717) is 5.69 Å². The molecule has 0 aliphatic heterocycles. The van der Waals surface area contributed by atoms with Crippen LogP contribution in [0.2, 0.25) is 0 Å². The lowest BCUT2D eigenvalue weighted by atomic mass is 10.1. The zero-order valence-corrected chi connectivity index (χ0v) is 10.2. The number of carbonyl (C=O) groups is 2. The van der Waals surface area contributed by atoms with Gasteiger partial charge < -0.3 is 15.4 Å². The number of aromatic nitrogens is 4. The zero-order chi connectivity index (χ0) is 13.8. The molecule has 100 valence electrons. The Labute approximate surface area is 108 Å². The molecule has 19 heavy (non-hydrogen) atoms. The van der Waals surface area contributed by atoms with E-state index >= 15 is 0 Å². The van der Waals surface area contributed by atoms with Crippen LogP contribution in [-0.4, -0.2) is 43.2 Å². The highest BCUT2D eigenvalue weighted by Crippen LogP contribution is 2.02. The molecule has 0 aliphatic rings. The van der Waals surface area contributed by atoms with Crippen molar-refractivity contribution in [2.45, 2.75) is 19.4 Å². The highest BCUT2D eigenvalue weighted by molar-refractivity contribution is 5.95. The normalized spacial score (nSPS) is 12.1. The molecular weight excluding hydrogens is 250 g/mol. The van der Waals surface area contributed by atoms with Crippen molar-refractivity contribution < 1.29 is 14.7 Å². The van der Waals surface area contributed by atoms with Crippen molar-refractivity contribution in [3.8, 4) is 0 Å². The van der Waals surface area contributed by atoms with Gasteiger partial charge in [-0.15, -0.1) is 0 Å². The molecule has 8 nitrogen and oxygen atoms in total. The average Bonchev–Trinajstić information content (AvgIpc) is 2.99. The number of nitrogens with zero attached hydrogens (tertiary/aromatic N) is 2. The Morgan fingerprint density at radius 3 is 2.84 bits per heavy atom. The van der Waals surface area contributed by atoms with Gasteiger partial charge in [0, 0.05) is 24.0 Å². The number of amides is 1. The van der Waals surface area contributed by atoms with E-state index in [9.17, 15) is 9.59 Å². The Hall–Kier alpha value is -2.64. The molecule has 0 saturated heterocycles. The number of imidazole rings is 1. The van der Waals surface area contributed by atoms with Gasteiger partial charge in [-0.25, -0.2) is 9.78 Å². The number of carbonyl (C=O) groups excluding carboxylic acids is 1. The van der Waals surface area contributed by atoms with Crippen molar-refractivity contribution in [1.29, 1.82) is 0 Å². The molecule has 0 bridgehead atoms. The lowest BCUT2D eigenvalue weighted by molar-refractivity contribution is -0.139. The second-order valence-corrected chi connectivity index (χ2v) is 4.08. The molecule has 1 amide bonds. The van der Waals surface area contributed by atoms with Crippen LogP contribution in [0.3, 0.4) is 0 Å². The minimum Gasteiger partial charge on any atom is -0.480 e. The molecule has 0 saturated carbocycles. The molecule has 4 N–H and O–H groups in total. The Morgan fingerprint density at radius 2 is 2.32 bits per heavy atom. The van der Waals surface area contributed by atoms with Gasteiger partial charge in [-0.2, -0.15) is 5.10 Å². The van der Waals surface area contributed by atoms with Crippen molar-refractivity contribution in [3.63, 3.8) is 0 Å². The van der Waals surface area contributed by atoms with E-state index in [0.717, 1.165) is 5.69 Å². The van der Waals surface area contributed by atoms with Crippen LogP contribution in [-0.2, 0) is 11.2 Å². The Bertz CT molecular complexity index is 575. The summed E-state index contributed by atoms with van der Waals surface area (Å²) in [6.07, 6.45) is 3.10. The fourth-order valence-corrected chi connectivity index (χ4v) is 1.58. The largest absolute Gasteiger partial charge is 0.480 e. The van der Waals surface area contributed by atoms with E-state index in [1.54, 1.807) is 13.0 Å². The molecule has 8 heteroatoms. The zero-order valence-electron chi connectivity index (χ0n) is 10.2. The van der Waals surface area contributed by atoms with Crippen molar-refractivity contribution >= 4 is 11.9 Å². The number of aromatic amines is 2. The summed E-state index contributed by atoms with van der Waals surface area (Å²) in [6.45, 7) is 1.75. The van der Waals surface area contributed by atoms with Gasteiger partial charge in [-0.1, -0.05) is 0 Å². The number of carboxylic acids is 1. The lowest BCUT2D eigenvalue weighted by Crippen LogP contribution is -2.42. The van der Waals surface area contributed by atoms with Crippen LogP contribution in [0.25, 0.3) is 0 Å². The first-order valence-electron chi connectivity index (χ1n) is 5.59. The maximum Gasteiger partial charge on any atom is 0.326 e.